The van der Waals surface area contributed by atoms with Crippen molar-refractivity contribution >= 4 is 0 Å². The average Bonchev–Trinajstić information content (AvgIpc) is 2.70. The number of nitrogens with zero attached hydrogens (tertiary/aromatic N) is 1. The van der Waals surface area contributed by atoms with E-state index in [1.54, 1.807) is 0 Å². The number of ether oxygens (including phenoxy) is 1. The molecule has 0 spiro atoms. The first-order chi connectivity index (χ1) is 8.22. The van der Waals surface area contributed by atoms with Gasteiger partial charge in [-0.25, -0.2) is 0 Å². The van der Waals surface area contributed by atoms with Crippen LogP contribution in [0, 0.1) is 0 Å². The van der Waals surface area contributed by atoms with Gasteiger partial charge in [-0.05, 0) is 18.9 Å². The SMILES string of the molecule is CCOCC1(O)CCN(Cc2ccccc2)C1. The van der Waals surface area contributed by atoms with Crippen molar-refractivity contribution in [2.24, 2.45) is 0 Å². The first kappa shape index (κ1) is 12.6. The Hall–Kier alpha value is -0.900. The van der Waals surface area contributed by atoms with Crippen LogP contribution in [0.5, 0.6) is 0 Å². The van der Waals surface area contributed by atoms with E-state index < -0.39 is 5.60 Å². The van der Waals surface area contributed by atoms with Crippen LogP contribution in [0.2, 0.25) is 0 Å². The van der Waals surface area contributed by atoms with Crippen LogP contribution in [0.3, 0.4) is 0 Å². The van der Waals surface area contributed by atoms with Crippen molar-refractivity contribution in [2.75, 3.05) is 26.3 Å². The number of aliphatic hydroxyl groups is 1. The number of benzene rings is 1. The monoisotopic (exact) mass is 235 g/mol. The van der Waals surface area contributed by atoms with Crippen molar-refractivity contribution in [3.05, 3.63) is 35.9 Å². The summed E-state index contributed by atoms with van der Waals surface area (Å²) >= 11 is 0. The van der Waals surface area contributed by atoms with Crippen molar-refractivity contribution in [1.29, 1.82) is 0 Å². The van der Waals surface area contributed by atoms with Gasteiger partial charge in [-0.15, -0.1) is 0 Å². The molecule has 1 saturated heterocycles. The van der Waals surface area contributed by atoms with Gasteiger partial charge in [0.25, 0.3) is 0 Å². The third-order valence-corrected chi connectivity index (χ3v) is 3.24. The van der Waals surface area contributed by atoms with Crippen LogP contribution in [0.4, 0.5) is 0 Å². The Morgan fingerprint density at radius 2 is 2.12 bits per heavy atom. The van der Waals surface area contributed by atoms with E-state index in [0.29, 0.717) is 19.8 Å². The minimum Gasteiger partial charge on any atom is -0.386 e. The first-order valence-corrected chi connectivity index (χ1v) is 6.28. The molecule has 0 amide bonds. The lowest BCUT2D eigenvalue weighted by molar-refractivity contribution is -0.0357. The molecule has 0 bridgehead atoms. The molecule has 1 aliphatic heterocycles. The smallest absolute Gasteiger partial charge is 0.102 e. The highest BCUT2D eigenvalue weighted by atomic mass is 16.5. The molecule has 1 heterocycles. The van der Waals surface area contributed by atoms with Gasteiger partial charge in [0.05, 0.1) is 6.61 Å². The van der Waals surface area contributed by atoms with Gasteiger partial charge in [0, 0.05) is 26.2 Å². The van der Waals surface area contributed by atoms with Gasteiger partial charge in [0.2, 0.25) is 0 Å². The predicted molar refractivity (Wildman–Crippen MR) is 67.8 cm³/mol. The van der Waals surface area contributed by atoms with Gasteiger partial charge < -0.3 is 9.84 Å². The molecule has 0 saturated carbocycles. The minimum atomic E-state index is -0.648. The Kier molecular flexibility index (Phi) is 4.15. The number of likely N-dealkylation sites (tertiary alicyclic amines) is 1. The Balaban J connectivity index is 1.85. The van der Waals surface area contributed by atoms with Crippen LogP contribution in [0.25, 0.3) is 0 Å². The number of rotatable bonds is 5. The lowest BCUT2D eigenvalue weighted by atomic mass is 10.1. The van der Waals surface area contributed by atoms with Crippen LogP contribution in [0.1, 0.15) is 18.9 Å². The van der Waals surface area contributed by atoms with E-state index in [2.05, 4.69) is 29.2 Å². The van der Waals surface area contributed by atoms with Crippen LogP contribution in [-0.2, 0) is 11.3 Å². The van der Waals surface area contributed by atoms with Crippen LogP contribution >= 0.6 is 0 Å². The molecule has 17 heavy (non-hydrogen) atoms. The lowest BCUT2D eigenvalue weighted by Gasteiger charge is -2.23. The van der Waals surface area contributed by atoms with Crippen molar-refractivity contribution in [1.82, 2.24) is 4.90 Å². The van der Waals surface area contributed by atoms with Crippen molar-refractivity contribution in [2.45, 2.75) is 25.5 Å². The molecular formula is C14H21NO2. The van der Waals surface area contributed by atoms with Crippen molar-refractivity contribution in [3.8, 4) is 0 Å². The molecule has 1 fully saturated rings. The maximum absolute atomic E-state index is 10.3. The molecule has 1 aromatic carbocycles. The highest BCUT2D eigenvalue weighted by Gasteiger charge is 2.35. The topological polar surface area (TPSA) is 32.7 Å². The van der Waals surface area contributed by atoms with E-state index in [9.17, 15) is 5.11 Å². The second-order valence-electron chi connectivity index (χ2n) is 4.81. The minimum absolute atomic E-state index is 0.453. The summed E-state index contributed by atoms with van der Waals surface area (Å²) in [4.78, 5) is 2.29. The van der Waals surface area contributed by atoms with E-state index in [4.69, 9.17) is 4.74 Å². The molecule has 94 valence electrons. The molecular weight excluding hydrogens is 214 g/mol. The molecule has 0 radical (unpaired) electrons. The van der Waals surface area contributed by atoms with E-state index in [-0.39, 0.29) is 0 Å². The Morgan fingerprint density at radius 3 is 2.82 bits per heavy atom. The Labute approximate surface area is 103 Å². The summed E-state index contributed by atoms with van der Waals surface area (Å²) in [6, 6.07) is 10.4. The van der Waals surface area contributed by atoms with Crippen LogP contribution < -0.4 is 0 Å². The maximum Gasteiger partial charge on any atom is 0.102 e. The maximum atomic E-state index is 10.3. The van der Waals surface area contributed by atoms with Crippen molar-refractivity contribution in [3.63, 3.8) is 0 Å². The number of hydrogen-bond donors (Lipinski definition) is 1. The van der Waals surface area contributed by atoms with Gasteiger partial charge in [0.1, 0.15) is 5.60 Å². The largest absolute Gasteiger partial charge is 0.386 e. The lowest BCUT2D eigenvalue weighted by Crippen LogP contribution is -2.37. The van der Waals surface area contributed by atoms with E-state index in [0.717, 1.165) is 19.5 Å². The van der Waals surface area contributed by atoms with Crippen molar-refractivity contribution < 1.29 is 9.84 Å². The fourth-order valence-corrected chi connectivity index (χ4v) is 2.33. The Bertz CT molecular complexity index is 341. The zero-order valence-corrected chi connectivity index (χ0v) is 10.4. The van der Waals surface area contributed by atoms with Gasteiger partial charge in [-0.2, -0.15) is 0 Å². The molecule has 0 aromatic heterocycles. The highest BCUT2D eigenvalue weighted by Crippen LogP contribution is 2.23. The van der Waals surface area contributed by atoms with E-state index in [1.165, 1.54) is 5.56 Å². The normalized spacial score (nSPS) is 25.3. The summed E-state index contributed by atoms with van der Waals surface area (Å²) < 4.78 is 5.34. The molecule has 1 aromatic rings. The molecule has 2 rings (SSSR count). The highest BCUT2D eigenvalue weighted by molar-refractivity contribution is 5.14. The molecule has 1 unspecified atom stereocenters. The summed E-state index contributed by atoms with van der Waals surface area (Å²) in [6.45, 7) is 5.64. The molecule has 1 atom stereocenters. The average molecular weight is 235 g/mol. The van der Waals surface area contributed by atoms with Crippen LogP contribution in [0.15, 0.2) is 30.3 Å². The van der Waals surface area contributed by atoms with E-state index in [1.807, 2.05) is 13.0 Å². The summed E-state index contributed by atoms with van der Waals surface area (Å²) in [5.74, 6) is 0. The summed E-state index contributed by atoms with van der Waals surface area (Å²) in [5, 5.41) is 10.3. The van der Waals surface area contributed by atoms with Gasteiger partial charge >= 0.3 is 0 Å². The van der Waals surface area contributed by atoms with Gasteiger partial charge in [0.15, 0.2) is 0 Å². The third-order valence-electron chi connectivity index (χ3n) is 3.24. The van der Waals surface area contributed by atoms with E-state index >= 15 is 0 Å². The summed E-state index contributed by atoms with van der Waals surface area (Å²) in [5.41, 5.74) is 0.651. The fourth-order valence-electron chi connectivity index (χ4n) is 2.33. The predicted octanol–water partition coefficient (Wildman–Crippen LogP) is 1.66. The number of hydrogen-bond acceptors (Lipinski definition) is 3. The third kappa shape index (κ3) is 3.53. The fraction of sp³-hybridized carbons (Fsp3) is 0.571. The molecule has 1 N–H and O–H groups in total. The van der Waals surface area contributed by atoms with Gasteiger partial charge in [-0.1, -0.05) is 30.3 Å². The summed E-state index contributed by atoms with van der Waals surface area (Å²) in [6.07, 6.45) is 0.805. The molecule has 0 aliphatic carbocycles. The number of β-amino-alcohol motifs (C(OH)–C–C–N with tert-alkyl or cyclic N) is 1. The molecule has 3 heteroatoms. The standard InChI is InChI=1S/C14H21NO2/c1-2-17-12-14(16)8-9-15(11-14)10-13-6-4-3-5-7-13/h3-7,16H,2,8-12H2,1H3. The first-order valence-electron chi connectivity index (χ1n) is 6.28. The van der Waals surface area contributed by atoms with Gasteiger partial charge in [-0.3, -0.25) is 4.90 Å². The zero-order valence-electron chi connectivity index (χ0n) is 10.4. The second kappa shape index (κ2) is 5.63. The second-order valence-corrected chi connectivity index (χ2v) is 4.81. The molecule has 1 aliphatic rings. The summed E-state index contributed by atoms with van der Waals surface area (Å²) in [7, 11) is 0. The zero-order chi connectivity index (χ0) is 12.1. The van der Waals surface area contributed by atoms with Crippen LogP contribution in [-0.4, -0.2) is 41.9 Å². The quantitative estimate of drug-likeness (QED) is 0.842. The molecule has 3 nitrogen and oxygen atoms in total. The Morgan fingerprint density at radius 1 is 1.35 bits per heavy atom.